The summed E-state index contributed by atoms with van der Waals surface area (Å²) in [5, 5.41) is 0. The van der Waals surface area contributed by atoms with Gasteiger partial charge in [0, 0.05) is 12.5 Å². The standard InChI is InChI=1S/C22H25NO4/c1-22(2,3)27-20(24)19-18(17-12-8-5-9-13-17)14-23(19)21(25)26-15-16-10-6-4-7-11-16/h4-13,18-19H,14-15H2,1-3H3/t18-,19+/m0/s1. The molecule has 27 heavy (non-hydrogen) atoms. The fourth-order valence-corrected chi connectivity index (χ4v) is 3.14. The first-order valence-electron chi connectivity index (χ1n) is 9.10. The van der Waals surface area contributed by atoms with Gasteiger partial charge in [0.1, 0.15) is 18.2 Å². The highest BCUT2D eigenvalue weighted by molar-refractivity contribution is 5.85. The number of hydrogen-bond acceptors (Lipinski definition) is 4. The minimum Gasteiger partial charge on any atom is -0.458 e. The molecule has 0 aliphatic carbocycles. The number of ether oxygens (including phenoxy) is 2. The molecule has 1 saturated heterocycles. The van der Waals surface area contributed by atoms with Crippen molar-refractivity contribution in [3.8, 4) is 0 Å². The molecule has 0 bridgehead atoms. The lowest BCUT2D eigenvalue weighted by atomic mass is 9.82. The van der Waals surface area contributed by atoms with E-state index in [4.69, 9.17) is 9.47 Å². The molecule has 5 heteroatoms. The zero-order valence-corrected chi connectivity index (χ0v) is 15.9. The number of rotatable bonds is 4. The lowest BCUT2D eigenvalue weighted by molar-refractivity contribution is -0.166. The minimum atomic E-state index is -0.671. The molecule has 1 fully saturated rings. The van der Waals surface area contributed by atoms with Crippen LogP contribution in [-0.2, 0) is 20.9 Å². The number of likely N-dealkylation sites (tertiary alicyclic amines) is 1. The molecular formula is C22H25NO4. The molecular weight excluding hydrogens is 342 g/mol. The van der Waals surface area contributed by atoms with Crippen LogP contribution in [0.5, 0.6) is 0 Å². The summed E-state index contributed by atoms with van der Waals surface area (Å²) in [6.07, 6.45) is -0.498. The summed E-state index contributed by atoms with van der Waals surface area (Å²) in [5.74, 6) is -0.496. The van der Waals surface area contributed by atoms with Crippen LogP contribution in [-0.4, -0.2) is 35.2 Å². The van der Waals surface area contributed by atoms with E-state index in [1.165, 1.54) is 4.90 Å². The van der Waals surface area contributed by atoms with Crippen molar-refractivity contribution in [3.63, 3.8) is 0 Å². The molecule has 1 aliphatic heterocycles. The summed E-state index contributed by atoms with van der Waals surface area (Å²) >= 11 is 0. The molecule has 0 unspecified atom stereocenters. The second-order valence-electron chi connectivity index (χ2n) is 7.69. The molecule has 1 aliphatic rings. The second kappa shape index (κ2) is 7.82. The Labute approximate surface area is 159 Å². The predicted molar refractivity (Wildman–Crippen MR) is 102 cm³/mol. The quantitative estimate of drug-likeness (QED) is 0.763. The highest BCUT2D eigenvalue weighted by Gasteiger charge is 2.49. The van der Waals surface area contributed by atoms with E-state index in [9.17, 15) is 9.59 Å². The maximum Gasteiger partial charge on any atom is 0.410 e. The first-order chi connectivity index (χ1) is 12.8. The van der Waals surface area contributed by atoms with Gasteiger partial charge in [-0.25, -0.2) is 9.59 Å². The Bertz CT molecular complexity index is 783. The number of amides is 1. The Morgan fingerprint density at radius 1 is 1.00 bits per heavy atom. The Balaban J connectivity index is 1.71. The van der Waals surface area contributed by atoms with Crippen LogP contribution in [0.2, 0.25) is 0 Å². The molecule has 2 aromatic rings. The van der Waals surface area contributed by atoms with Crippen LogP contribution in [0.4, 0.5) is 4.79 Å². The first-order valence-corrected chi connectivity index (χ1v) is 9.10. The zero-order valence-electron chi connectivity index (χ0n) is 15.9. The number of hydrogen-bond donors (Lipinski definition) is 0. The maximum absolute atomic E-state index is 12.7. The molecule has 1 heterocycles. The largest absolute Gasteiger partial charge is 0.458 e. The highest BCUT2D eigenvalue weighted by atomic mass is 16.6. The van der Waals surface area contributed by atoms with E-state index in [-0.39, 0.29) is 12.5 Å². The molecule has 5 nitrogen and oxygen atoms in total. The molecule has 2 atom stereocenters. The van der Waals surface area contributed by atoms with Gasteiger partial charge < -0.3 is 9.47 Å². The van der Waals surface area contributed by atoms with Crippen molar-refractivity contribution in [2.45, 2.75) is 44.9 Å². The molecule has 0 saturated carbocycles. The normalized spacial score (nSPS) is 19.1. The lowest BCUT2D eigenvalue weighted by Gasteiger charge is -2.46. The van der Waals surface area contributed by atoms with Gasteiger partial charge in [-0.15, -0.1) is 0 Å². The van der Waals surface area contributed by atoms with Gasteiger partial charge in [-0.1, -0.05) is 60.7 Å². The van der Waals surface area contributed by atoms with E-state index in [1.807, 2.05) is 81.4 Å². The van der Waals surface area contributed by atoms with Gasteiger partial charge >= 0.3 is 12.1 Å². The van der Waals surface area contributed by atoms with E-state index in [2.05, 4.69) is 0 Å². The van der Waals surface area contributed by atoms with Crippen LogP contribution in [0, 0.1) is 0 Å². The van der Waals surface area contributed by atoms with Crippen LogP contribution in [0.15, 0.2) is 60.7 Å². The van der Waals surface area contributed by atoms with E-state index in [0.29, 0.717) is 6.54 Å². The van der Waals surface area contributed by atoms with Gasteiger partial charge in [-0.05, 0) is 31.9 Å². The number of carbonyl (C=O) groups excluding carboxylic acids is 2. The molecule has 0 radical (unpaired) electrons. The SMILES string of the molecule is CC(C)(C)OC(=O)[C@H]1[C@H](c2ccccc2)CN1C(=O)OCc1ccccc1. The zero-order chi connectivity index (χ0) is 19.4. The van der Waals surface area contributed by atoms with Crippen molar-refractivity contribution in [2.75, 3.05) is 6.54 Å². The maximum atomic E-state index is 12.7. The number of esters is 1. The topological polar surface area (TPSA) is 55.8 Å². The smallest absolute Gasteiger partial charge is 0.410 e. The van der Waals surface area contributed by atoms with Crippen molar-refractivity contribution in [3.05, 3.63) is 71.8 Å². The number of nitrogens with zero attached hydrogens (tertiary/aromatic N) is 1. The highest BCUT2D eigenvalue weighted by Crippen LogP contribution is 2.36. The van der Waals surface area contributed by atoms with Gasteiger partial charge in [0.25, 0.3) is 0 Å². The van der Waals surface area contributed by atoms with E-state index < -0.39 is 23.7 Å². The molecule has 0 aromatic heterocycles. The first kappa shape index (κ1) is 19.0. The van der Waals surface area contributed by atoms with Crippen LogP contribution in [0.25, 0.3) is 0 Å². The number of benzene rings is 2. The van der Waals surface area contributed by atoms with Crippen LogP contribution >= 0.6 is 0 Å². The average Bonchev–Trinajstić information content (AvgIpc) is 2.59. The van der Waals surface area contributed by atoms with Crippen LogP contribution in [0.3, 0.4) is 0 Å². The van der Waals surface area contributed by atoms with Gasteiger partial charge in [-0.2, -0.15) is 0 Å². The fourth-order valence-electron chi connectivity index (χ4n) is 3.14. The van der Waals surface area contributed by atoms with Crippen molar-refractivity contribution < 1.29 is 19.1 Å². The number of carbonyl (C=O) groups is 2. The minimum absolute atomic E-state index is 0.0923. The Kier molecular flexibility index (Phi) is 5.49. The van der Waals surface area contributed by atoms with E-state index >= 15 is 0 Å². The third kappa shape index (κ3) is 4.67. The van der Waals surface area contributed by atoms with Crippen LogP contribution < -0.4 is 0 Å². The van der Waals surface area contributed by atoms with Gasteiger partial charge in [0.05, 0.1) is 0 Å². The summed E-state index contributed by atoms with van der Waals surface area (Å²) in [5.41, 5.74) is 1.30. The lowest BCUT2D eigenvalue weighted by Crippen LogP contribution is -2.61. The van der Waals surface area contributed by atoms with Gasteiger partial charge in [-0.3, -0.25) is 4.90 Å². The monoisotopic (exact) mass is 367 g/mol. The molecule has 3 rings (SSSR count). The van der Waals surface area contributed by atoms with Gasteiger partial charge in [0.15, 0.2) is 0 Å². The fraction of sp³-hybridized carbons (Fsp3) is 0.364. The predicted octanol–water partition coefficient (Wildman–Crippen LogP) is 4.13. The van der Waals surface area contributed by atoms with Crippen molar-refractivity contribution >= 4 is 12.1 Å². The van der Waals surface area contributed by atoms with E-state index in [1.54, 1.807) is 0 Å². The van der Waals surface area contributed by atoms with Crippen molar-refractivity contribution in [2.24, 2.45) is 0 Å². The average molecular weight is 367 g/mol. The Hall–Kier alpha value is -2.82. The molecule has 142 valence electrons. The third-order valence-corrected chi connectivity index (χ3v) is 4.43. The summed E-state index contributed by atoms with van der Waals surface area (Å²) in [4.78, 5) is 26.7. The molecule has 2 aromatic carbocycles. The summed E-state index contributed by atoms with van der Waals surface area (Å²) in [6.45, 7) is 6.06. The summed E-state index contributed by atoms with van der Waals surface area (Å²) in [6, 6.07) is 18.5. The van der Waals surface area contributed by atoms with E-state index in [0.717, 1.165) is 11.1 Å². The van der Waals surface area contributed by atoms with Gasteiger partial charge in [0.2, 0.25) is 0 Å². The Morgan fingerprint density at radius 3 is 2.19 bits per heavy atom. The second-order valence-corrected chi connectivity index (χ2v) is 7.69. The Morgan fingerprint density at radius 2 is 1.59 bits per heavy atom. The van der Waals surface area contributed by atoms with Crippen molar-refractivity contribution in [1.82, 2.24) is 4.90 Å². The van der Waals surface area contributed by atoms with Crippen LogP contribution in [0.1, 0.15) is 37.8 Å². The summed E-state index contributed by atoms with van der Waals surface area (Å²) < 4.78 is 11.0. The van der Waals surface area contributed by atoms with Crippen molar-refractivity contribution in [1.29, 1.82) is 0 Å². The third-order valence-electron chi connectivity index (χ3n) is 4.43. The molecule has 1 amide bonds. The molecule has 0 spiro atoms. The summed E-state index contributed by atoms with van der Waals surface area (Å²) in [7, 11) is 0. The molecule has 0 N–H and O–H groups in total.